The minimum atomic E-state index is -4.75. The summed E-state index contributed by atoms with van der Waals surface area (Å²) >= 11 is 0. The zero-order chi connectivity index (χ0) is 21.0. The normalized spacial score (nSPS) is 13.3. The molecule has 3 rings (SSSR count). The van der Waals surface area contributed by atoms with E-state index in [4.69, 9.17) is 4.52 Å². The van der Waals surface area contributed by atoms with Gasteiger partial charge in [0.15, 0.2) is 6.04 Å². The van der Waals surface area contributed by atoms with Crippen molar-refractivity contribution in [3.8, 4) is 0 Å². The number of rotatable bonds is 5. The van der Waals surface area contributed by atoms with Crippen LogP contribution in [0.2, 0.25) is 0 Å². The van der Waals surface area contributed by atoms with E-state index in [1.165, 1.54) is 10.9 Å². The lowest BCUT2D eigenvalue weighted by Crippen LogP contribution is -2.39. The minimum Gasteiger partial charge on any atom is -0.846 e. The van der Waals surface area contributed by atoms with Gasteiger partial charge in [-0.2, -0.15) is 13.2 Å². The molecule has 0 bridgehead atoms. The summed E-state index contributed by atoms with van der Waals surface area (Å²) in [6, 6.07) is 10.2. The number of alkyl halides is 3. The number of halogens is 4. The zero-order valence-electron chi connectivity index (χ0n) is 15.2. The van der Waals surface area contributed by atoms with E-state index in [9.17, 15) is 22.7 Å². The fourth-order valence-electron chi connectivity index (χ4n) is 2.63. The van der Waals surface area contributed by atoms with E-state index in [1.54, 1.807) is 0 Å². The van der Waals surface area contributed by atoms with Crippen LogP contribution in [0.25, 0.3) is 0 Å². The van der Waals surface area contributed by atoms with Gasteiger partial charge in [0.1, 0.15) is 5.82 Å². The van der Waals surface area contributed by atoms with Gasteiger partial charge in [0.05, 0.1) is 11.6 Å². The Morgan fingerprint density at radius 3 is 2.66 bits per heavy atom. The molecule has 152 valence electrons. The van der Waals surface area contributed by atoms with Gasteiger partial charge in [0.2, 0.25) is 5.27 Å². The van der Waals surface area contributed by atoms with Crippen molar-refractivity contribution < 1.29 is 31.9 Å². The van der Waals surface area contributed by atoms with Crippen molar-refractivity contribution in [3.63, 3.8) is 0 Å². The monoisotopic (exact) mass is 408 g/mol. The fraction of sp³-hybridized carbons (Fsp3) is 0.211. The Kier molecular flexibility index (Phi) is 5.81. The van der Waals surface area contributed by atoms with Gasteiger partial charge < -0.3 is 10.4 Å². The molecule has 1 aromatic heterocycles. The first-order chi connectivity index (χ1) is 13.7. The lowest BCUT2D eigenvalue weighted by molar-refractivity contribution is -0.782. The number of aliphatic imine (C=N–C) groups is 1. The lowest BCUT2D eigenvalue weighted by atomic mass is 10.1. The molecule has 1 heterocycles. The van der Waals surface area contributed by atoms with Crippen LogP contribution >= 0.6 is 0 Å². The molecule has 0 saturated carbocycles. The van der Waals surface area contributed by atoms with Gasteiger partial charge in [-0.25, -0.2) is 9.38 Å². The van der Waals surface area contributed by atoms with Gasteiger partial charge in [0.25, 0.3) is 6.20 Å². The average Bonchev–Trinajstić information content (AvgIpc) is 3.09. The number of anilines is 1. The summed E-state index contributed by atoms with van der Waals surface area (Å²) in [5.41, 5.74) is -0.519. The first-order valence-corrected chi connectivity index (χ1v) is 8.53. The quantitative estimate of drug-likeness (QED) is 0.304. The molecule has 6 nitrogen and oxygen atoms in total. The standard InChI is InChI=1S/C19H16F4N4O2/c1-12(7-13-5-3-2-4-6-13)27-11-17(29-26-27)25-18(28)24-16-9-14(19(21,22)23)8-15(20)10-16/h2-6,8-12H,7H2,1H3,(H-,24,25,26,28). The molecule has 0 aliphatic carbocycles. The smallest absolute Gasteiger partial charge is 0.416 e. The summed E-state index contributed by atoms with van der Waals surface area (Å²) in [6.45, 7) is 1.89. The summed E-state index contributed by atoms with van der Waals surface area (Å²) in [6.07, 6.45) is -2.70. The van der Waals surface area contributed by atoms with Crippen LogP contribution < -0.4 is 15.1 Å². The SMILES string of the molecule is CC(Cc1ccccc1)[n+]1cc(N=C([O-])Nc2cc(F)cc(C(F)(F)F)c2)on1. The molecule has 0 radical (unpaired) electrons. The maximum absolute atomic E-state index is 13.4. The first-order valence-electron chi connectivity index (χ1n) is 8.53. The molecule has 0 aliphatic rings. The second-order valence-electron chi connectivity index (χ2n) is 6.33. The molecule has 3 aromatic rings. The molecule has 1 N–H and O–H groups in total. The van der Waals surface area contributed by atoms with Gasteiger partial charge in [-0.05, 0) is 28.4 Å². The first kappa shape index (κ1) is 20.3. The summed E-state index contributed by atoms with van der Waals surface area (Å²) in [7, 11) is 0. The number of aromatic nitrogens is 2. The highest BCUT2D eigenvalue weighted by molar-refractivity contribution is 5.87. The summed E-state index contributed by atoms with van der Waals surface area (Å²) in [5, 5.41) is 17.8. The maximum Gasteiger partial charge on any atom is 0.416 e. The van der Waals surface area contributed by atoms with Crippen molar-refractivity contribution in [2.75, 3.05) is 5.32 Å². The molecule has 0 saturated heterocycles. The maximum atomic E-state index is 13.4. The number of nitrogens with zero attached hydrogens (tertiary/aromatic N) is 3. The molecule has 2 aromatic carbocycles. The average molecular weight is 408 g/mol. The van der Waals surface area contributed by atoms with Crippen LogP contribution in [-0.4, -0.2) is 11.3 Å². The minimum absolute atomic E-state index is 0.0919. The lowest BCUT2D eigenvalue weighted by Gasteiger charge is -2.14. The van der Waals surface area contributed by atoms with Crippen LogP contribution in [0.4, 0.5) is 29.1 Å². The molecule has 10 heteroatoms. The Labute approximate surface area is 163 Å². The molecular weight excluding hydrogens is 392 g/mol. The highest BCUT2D eigenvalue weighted by Gasteiger charge is 2.31. The van der Waals surface area contributed by atoms with Crippen LogP contribution in [-0.2, 0) is 12.6 Å². The Bertz CT molecular complexity index is 1000. The van der Waals surface area contributed by atoms with E-state index in [0.717, 1.165) is 11.6 Å². The Morgan fingerprint density at radius 1 is 1.24 bits per heavy atom. The molecule has 0 aliphatic heterocycles. The number of hydrogen-bond donors (Lipinski definition) is 1. The van der Waals surface area contributed by atoms with Crippen molar-refractivity contribution >= 4 is 17.6 Å². The van der Waals surface area contributed by atoms with E-state index in [-0.39, 0.29) is 17.6 Å². The van der Waals surface area contributed by atoms with Crippen LogP contribution in [0.1, 0.15) is 24.1 Å². The third-order valence-corrected chi connectivity index (χ3v) is 3.99. The predicted octanol–water partition coefficient (Wildman–Crippen LogP) is 3.38. The third kappa shape index (κ3) is 5.53. The van der Waals surface area contributed by atoms with Gasteiger partial charge in [-0.1, -0.05) is 30.3 Å². The fourth-order valence-corrected chi connectivity index (χ4v) is 2.63. The van der Waals surface area contributed by atoms with Crippen LogP contribution in [0.15, 0.2) is 64.2 Å². The van der Waals surface area contributed by atoms with E-state index in [1.807, 2.05) is 37.3 Å². The Hall–Kier alpha value is -3.43. The summed E-state index contributed by atoms with van der Waals surface area (Å²) in [5.74, 6) is -1.28. The summed E-state index contributed by atoms with van der Waals surface area (Å²) in [4.78, 5) is 3.58. The van der Waals surface area contributed by atoms with Gasteiger partial charge >= 0.3 is 12.1 Å². The molecule has 0 fully saturated rings. The Balaban J connectivity index is 1.70. The van der Waals surface area contributed by atoms with Crippen LogP contribution in [0, 0.1) is 5.82 Å². The number of hydrogen-bond acceptors (Lipinski definition) is 4. The predicted molar refractivity (Wildman–Crippen MR) is 93.7 cm³/mol. The largest absolute Gasteiger partial charge is 0.846 e. The van der Waals surface area contributed by atoms with Crippen molar-refractivity contribution in [3.05, 3.63) is 71.7 Å². The van der Waals surface area contributed by atoms with Crippen molar-refractivity contribution in [2.45, 2.75) is 25.6 Å². The van der Waals surface area contributed by atoms with Crippen molar-refractivity contribution in [1.29, 1.82) is 0 Å². The van der Waals surface area contributed by atoms with Crippen LogP contribution in [0.3, 0.4) is 0 Å². The van der Waals surface area contributed by atoms with Crippen molar-refractivity contribution in [1.82, 2.24) is 5.27 Å². The van der Waals surface area contributed by atoms with Gasteiger partial charge in [-0.15, -0.1) is 0 Å². The molecule has 1 atom stereocenters. The molecule has 29 heavy (non-hydrogen) atoms. The second-order valence-corrected chi connectivity index (χ2v) is 6.33. The van der Waals surface area contributed by atoms with E-state index in [0.29, 0.717) is 18.6 Å². The highest BCUT2D eigenvalue weighted by atomic mass is 19.4. The van der Waals surface area contributed by atoms with E-state index in [2.05, 4.69) is 15.6 Å². The highest BCUT2D eigenvalue weighted by Crippen LogP contribution is 2.31. The third-order valence-electron chi connectivity index (χ3n) is 3.99. The van der Waals surface area contributed by atoms with Crippen LogP contribution in [0.5, 0.6) is 0 Å². The summed E-state index contributed by atoms with van der Waals surface area (Å²) < 4.78 is 58.0. The van der Waals surface area contributed by atoms with E-state index < -0.39 is 23.6 Å². The topological polar surface area (TPSA) is 77.4 Å². The van der Waals surface area contributed by atoms with Gasteiger partial charge in [0, 0.05) is 19.0 Å². The number of nitrogens with one attached hydrogen (secondary N) is 1. The second kappa shape index (κ2) is 8.29. The van der Waals surface area contributed by atoms with Gasteiger partial charge in [-0.3, -0.25) is 4.52 Å². The molecule has 0 spiro atoms. The zero-order valence-corrected chi connectivity index (χ0v) is 15.2. The number of benzene rings is 2. The number of amidine groups is 1. The molecular formula is C19H16F4N4O2. The Morgan fingerprint density at radius 2 is 1.97 bits per heavy atom. The molecule has 0 amide bonds. The van der Waals surface area contributed by atoms with E-state index >= 15 is 0 Å². The molecule has 1 unspecified atom stereocenters. The van der Waals surface area contributed by atoms with Crippen molar-refractivity contribution in [2.24, 2.45) is 4.99 Å².